The summed E-state index contributed by atoms with van der Waals surface area (Å²) >= 11 is 0. The van der Waals surface area contributed by atoms with Gasteiger partial charge < -0.3 is 5.32 Å². The van der Waals surface area contributed by atoms with Crippen molar-refractivity contribution in [3.8, 4) is 0 Å². The van der Waals surface area contributed by atoms with Gasteiger partial charge in [0.2, 0.25) is 0 Å². The SMILES string of the molecule is O=S(=O)(NCc1nnc2ccccn12)N1CCNCC1. The second kappa shape index (κ2) is 5.44. The molecule has 108 valence electrons. The van der Waals surface area contributed by atoms with Crippen LogP contribution in [0.15, 0.2) is 24.4 Å². The summed E-state index contributed by atoms with van der Waals surface area (Å²) in [6.45, 7) is 2.44. The van der Waals surface area contributed by atoms with Crippen LogP contribution < -0.4 is 10.0 Å². The Kier molecular flexibility index (Phi) is 3.66. The first-order valence-electron chi connectivity index (χ1n) is 6.41. The fourth-order valence-corrected chi connectivity index (χ4v) is 3.30. The number of nitrogens with one attached hydrogen (secondary N) is 2. The van der Waals surface area contributed by atoms with Crippen LogP contribution in [0.25, 0.3) is 5.65 Å². The van der Waals surface area contributed by atoms with Crippen molar-refractivity contribution >= 4 is 15.9 Å². The number of fused-ring (bicyclic) bond motifs is 1. The molecule has 9 heteroatoms. The van der Waals surface area contributed by atoms with Gasteiger partial charge in [-0.1, -0.05) is 6.07 Å². The van der Waals surface area contributed by atoms with Crippen molar-refractivity contribution in [1.82, 2.24) is 28.9 Å². The molecule has 8 nitrogen and oxygen atoms in total. The summed E-state index contributed by atoms with van der Waals surface area (Å²) in [5, 5.41) is 11.1. The molecule has 0 spiro atoms. The molecular formula is C11H16N6O2S. The minimum Gasteiger partial charge on any atom is -0.314 e. The Hall–Kier alpha value is -1.55. The molecule has 2 aromatic heterocycles. The molecule has 0 aromatic carbocycles. The van der Waals surface area contributed by atoms with Gasteiger partial charge in [-0.25, -0.2) is 0 Å². The quantitative estimate of drug-likeness (QED) is 0.753. The molecule has 2 aromatic rings. The van der Waals surface area contributed by atoms with Crippen LogP contribution in [0.1, 0.15) is 5.82 Å². The largest absolute Gasteiger partial charge is 0.314 e. The minimum absolute atomic E-state index is 0.122. The van der Waals surface area contributed by atoms with Gasteiger partial charge >= 0.3 is 0 Å². The monoisotopic (exact) mass is 296 g/mol. The van der Waals surface area contributed by atoms with E-state index in [1.807, 2.05) is 24.4 Å². The van der Waals surface area contributed by atoms with Crippen LogP contribution in [-0.4, -0.2) is 53.5 Å². The van der Waals surface area contributed by atoms with Crippen molar-refractivity contribution in [3.63, 3.8) is 0 Å². The van der Waals surface area contributed by atoms with Gasteiger partial charge in [0.15, 0.2) is 11.5 Å². The van der Waals surface area contributed by atoms with Crippen molar-refractivity contribution in [2.45, 2.75) is 6.54 Å². The van der Waals surface area contributed by atoms with E-state index in [0.29, 0.717) is 37.7 Å². The van der Waals surface area contributed by atoms with Gasteiger partial charge in [0.05, 0.1) is 6.54 Å². The Morgan fingerprint density at radius 2 is 2.05 bits per heavy atom. The van der Waals surface area contributed by atoms with E-state index in [-0.39, 0.29) is 6.54 Å². The predicted octanol–water partition coefficient (Wildman–Crippen LogP) is -1.03. The van der Waals surface area contributed by atoms with Gasteiger partial charge in [-0.05, 0) is 12.1 Å². The second-order valence-electron chi connectivity index (χ2n) is 4.52. The highest BCUT2D eigenvalue weighted by Crippen LogP contribution is 2.05. The molecule has 3 rings (SSSR count). The Morgan fingerprint density at radius 1 is 1.25 bits per heavy atom. The van der Waals surface area contributed by atoms with E-state index in [0.717, 1.165) is 0 Å². The van der Waals surface area contributed by atoms with Gasteiger partial charge in [0, 0.05) is 32.4 Å². The first kappa shape index (κ1) is 13.4. The van der Waals surface area contributed by atoms with Crippen molar-refractivity contribution in [2.75, 3.05) is 26.2 Å². The first-order valence-corrected chi connectivity index (χ1v) is 7.85. The Labute approximate surface area is 117 Å². The molecule has 0 atom stereocenters. The zero-order valence-electron chi connectivity index (χ0n) is 10.9. The van der Waals surface area contributed by atoms with Gasteiger partial charge in [0.25, 0.3) is 10.2 Å². The molecule has 0 bridgehead atoms. The normalized spacial score (nSPS) is 17.6. The minimum atomic E-state index is -3.47. The molecule has 20 heavy (non-hydrogen) atoms. The molecule has 0 radical (unpaired) electrons. The molecule has 3 heterocycles. The van der Waals surface area contributed by atoms with Gasteiger partial charge in [-0.3, -0.25) is 4.40 Å². The van der Waals surface area contributed by atoms with Crippen molar-refractivity contribution in [2.24, 2.45) is 0 Å². The van der Waals surface area contributed by atoms with Gasteiger partial charge in [0.1, 0.15) is 0 Å². The maximum atomic E-state index is 12.1. The van der Waals surface area contributed by atoms with E-state index in [9.17, 15) is 8.42 Å². The van der Waals surface area contributed by atoms with E-state index >= 15 is 0 Å². The molecule has 1 fully saturated rings. The lowest BCUT2D eigenvalue weighted by Gasteiger charge is -2.26. The summed E-state index contributed by atoms with van der Waals surface area (Å²) in [5.74, 6) is 0.569. The smallest absolute Gasteiger partial charge is 0.279 e. The van der Waals surface area contributed by atoms with E-state index in [4.69, 9.17) is 0 Å². The van der Waals surface area contributed by atoms with Crippen LogP contribution >= 0.6 is 0 Å². The molecular weight excluding hydrogens is 280 g/mol. The Bertz CT molecular complexity index is 692. The first-order chi connectivity index (χ1) is 9.67. The number of piperazine rings is 1. The third kappa shape index (κ3) is 2.66. The molecule has 1 saturated heterocycles. The van der Waals surface area contributed by atoms with E-state index in [1.165, 1.54) is 4.31 Å². The average Bonchev–Trinajstić information content (AvgIpc) is 2.89. The summed E-state index contributed by atoms with van der Waals surface area (Å²) < 4.78 is 30.1. The predicted molar refractivity (Wildman–Crippen MR) is 73.2 cm³/mol. The van der Waals surface area contributed by atoms with Crippen LogP contribution in [0, 0.1) is 0 Å². The van der Waals surface area contributed by atoms with Crippen molar-refractivity contribution in [1.29, 1.82) is 0 Å². The molecule has 0 unspecified atom stereocenters. The maximum Gasteiger partial charge on any atom is 0.279 e. The van der Waals surface area contributed by atoms with E-state index in [2.05, 4.69) is 20.2 Å². The van der Waals surface area contributed by atoms with Crippen LogP contribution in [-0.2, 0) is 16.8 Å². The summed E-state index contributed by atoms with van der Waals surface area (Å²) in [5.41, 5.74) is 0.698. The van der Waals surface area contributed by atoms with Crippen molar-refractivity contribution in [3.05, 3.63) is 30.2 Å². The maximum absolute atomic E-state index is 12.1. The molecule has 1 aliphatic heterocycles. The number of hydrogen-bond acceptors (Lipinski definition) is 5. The third-order valence-electron chi connectivity index (χ3n) is 3.21. The summed E-state index contributed by atoms with van der Waals surface area (Å²) in [7, 11) is -3.47. The van der Waals surface area contributed by atoms with E-state index in [1.54, 1.807) is 4.40 Å². The lowest BCUT2D eigenvalue weighted by atomic mass is 10.4. The third-order valence-corrected chi connectivity index (χ3v) is 4.77. The van der Waals surface area contributed by atoms with Crippen LogP contribution in [0.3, 0.4) is 0 Å². The Morgan fingerprint density at radius 3 is 2.85 bits per heavy atom. The molecule has 0 amide bonds. The summed E-state index contributed by atoms with van der Waals surface area (Å²) in [6, 6.07) is 5.53. The number of nitrogens with zero attached hydrogens (tertiary/aromatic N) is 4. The van der Waals surface area contributed by atoms with Crippen LogP contribution in [0.2, 0.25) is 0 Å². The average molecular weight is 296 g/mol. The summed E-state index contributed by atoms with van der Waals surface area (Å²) in [6.07, 6.45) is 1.81. The fraction of sp³-hybridized carbons (Fsp3) is 0.455. The van der Waals surface area contributed by atoms with Crippen molar-refractivity contribution < 1.29 is 8.42 Å². The standard InChI is InChI=1S/C11H16N6O2S/c18-20(19,16-7-4-12-5-8-16)13-9-11-15-14-10-3-1-2-6-17(10)11/h1-3,6,12-13H,4-5,7-9H2. The Balaban J connectivity index is 1.72. The van der Waals surface area contributed by atoms with Crippen LogP contribution in [0.4, 0.5) is 0 Å². The topological polar surface area (TPSA) is 91.6 Å². The fourth-order valence-electron chi connectivity index (χ4n) is 2.14. The van der Waals surface area contributed by atoms with Gasteiger partial charge in [-0.15, -0.1) is 10.2 Å². The summed E-state index contributed by atoms with van der Waals surface area (Å²) in [4.78, 5) is 0. The van der Waals surface area contributed by atoms with E-state index < -0.39 is 10.2 Å². The number of aromatic nitrogens is 3. The number of hydrogen-bond donors (Lipinski definition) is 2. The number of rotatable bonds is 4. The second-order valence-corrected chi connectivity index (χ2v) is 6.28. The highest BCUT2D eigenvalue weighted by Gasteiger charge is 2.23. The van der Waals surface area contributed by atoms with Crippen LogP contribution in [0.5, 0.6) is 0 Å². The zero-order valence-corrected chi connectivity index (χ0v) is 11.7. The molecule has 0 saturated carbocycles. The molecule has 1 aliphatic rings. The molecule has 0 aliphatic carbocycles. The highest BCUT2D eigenvalue weighted by molar-refractivity contribution is 7.87. The lowest BCUT2D eigenvalue weighted by Crippen LogP contribution is -2.50. The molecule has 2 N–H and O–H groups in total. The highest BCUT2D eigenvalue weighted by atomic mass is 32.2. The lowest BCUT2D eigenvalue weighted by molar-refractivity contribution is 0.354. The number of pyridine rings is 1. The van der Waals surface area contributed by atoms with Gasteiger partial charge in [-0.2, -0.15) is 17.4 Å². The zero-order chi connectivity index (χ0) is 14.0.